The first-order valence-corrected chi connectivity index (χ1v) is 2.26. The van der Waals surface area contributed by atoms with Gasteiger partial charge in [-0.15, -0.1) is 0 Å². The van der Waals surface area contributed by atoms with Crippen LogP contribution in [-0.2, 0) is 21.1 Å². The fourth-order valence-corrected chi connectivity index (χ4v) is 0.426. The van der Waals surface area contributed by atoms with Crippen LogP contribution in [0.25, 0.3) is 0 Å². The zero-order valence-electron chi connectivity index (χ0n) is 6.37. The van der Waals surface area contributed by atoms with Crippen LogP contribution in [0.2, 0.25) is 0 Å². The molecule has 0 spiro atoms. The Balaban J connectivity index is -0.0000000612. The Hall–Kier alpha value is 0.0483. The minimum atomic E-state index is 0. The average Bonchev–Trinajstić information content (AvgIpc) is 1.69. The van der Waals surface area contributed by atoms with E-state index in [1.54, 1.807) is 12.4 Å². The second-order valence-electron chi connectivity index (χ2n) is 1.52. The monoisotopic (exact) mass is 357 g/mol. The smallest absolute Gasteiger partial charge is 1.00 e. The van der Waals surface area contributed by atoms with E-state index in [1.165, 1.54) is 5.56 Å². The molecule has 1 rings (SSSR count). The third-order valence-electron chi connectivity index (χ3n) is 0.847. The van der Waals surface area contributed by atoms with Gasteiger partial charge in [-0.1, -0.05) is 0 Å². The molecule has 1 aromatic heterocycles. The second-order valence-corrected chi connectivity index (χ2v) is 1.52. The summed E-state index contributed by atoms with van der Waals surface area (Å²) in [5.74, 6) is 0. The van der Waals surface area contributed by atoms with Crippen molar-refractivity contribution in [1.29, 1.82) is 0 Å². The molecule has 0 saturated carbocycles. The summed E-state index contributed by atoms with van der Waals surface area (Å²) in [6, 6.07) is 3.94. The van der Waals surface area contributed by atoms with Crippen LogP contribution in [0.3, 0.4) is 0 Å². The van der Waals surface area contributed by atoms with Gasteiger partial charge in [0.05, 0.1) is 0 Å². The largest absolute Gasteiger partial charge is 2.00 e. The fourth-order valence-electron chi connectivity index (χ4n) is 0.426. The summed E-state index contributed by atoms with van der Waals surface area (Å²) in [5, 5.41) is 0. The number of pyridine rings is 1. The van der Waals surface area contributed by atoms with Gasteiger partial charge in [0.2, 0.25) is 0 Å². The van der Waals surface area contributed by atoms with Crippen molar-refractivity contribution in [2.75, 3.05) is 0 Å². The number of halogens is 1. The van der Waals surface area contributed by atoms with Crippen LogP contribution in [0.1, 0.15) is 5.56 Å². The van der Waals surface area contributed by atoms with Crippen molar-refractivity contribution in [2.45, 2.75) is 6.92 Å². The average molecular weight is 358 g/mol. The van der Waals surface area contributed by atoms with E-state index in [1.807, 2.05) is 19.1 Å². The van der Waals surface area contributed by atoms with Crippen LogP contribution in [0.5, 0.6) is 0 Å². The molecule has 0 radical (unpaired) electrons. The molecule has 0 atom stereocenters. The van der Waals surface area contributed by atoms with E-state index in [2.05, 4.69) is 4.98 Å². The molecule has 0 aromatic carbocycles. The summed E-state index contributed by atoms with van der Waals surface area (Å²) in [7, 11) is 0. The zero-order chi connectivity index (χ0) is 5.11. The van der Waals surface area contributed by atoms with E-state index in [0.29, 0.717) is 0 Å². The molecule has 3 nitrogen and oxygen atoms in total. The number of aromatic nitrogens is 1. The maximum Gasteiger partial charge on any atom is 2.00 e. The maximum absolute atomic E-state index is 3.85. The molecule has 0 aliphatic heterocycles. The van der Waals surface area contributed by atoms with Gasteiger partial charge in [0.25, 0.3) is 0 Å². The number of rotatable bonds is 0. The molecule has 0 amide bonds. The molecule has 0 bridgehead atoms. The second kappa shape index (κ2) is 12.7. The fraction of sp³-hybridized carbons (Fsp3) is 0.167. The van der Waals surface area contributed by atoms with Crippen LogP contribution in [0.15, 0.2) is 24.5 Å². The molecule has 1 heterocycles. The number of aryl methyl sites for hydroxylation is 1. The van der Waals surface area contributed by atoms with Crippen molar-refractivity contribution in [1.82, 2.24) is 17.3 Å². The van der Waals surface area contributed by atoms with E-state index in [9.17, 15) is 0 Å². The van der Waals surface area contributed by atoms with Gasteiger partial charge in [0.15, 0.2) is 0 Å². The van der Waals surface area contributed by atoms with Crippen molar-refractivity contribution in [3.63, 3.8) is 0 Å². The summed E-state index contributed by atoms with van der Waals surface area (Å²) in [4.78, 5) is 3.85. The summed E-state index contributed by atoms with van der Waals surface area (Å²) in [5.41, 5.74) is 1.26. The molecule has 1 aromatic rings. The van der Waals surface area contributed by atoms with Crippen molar-refractivity contribution in [3.8, 4) is 0 Å². The van der Waals surface area contributed by atoms with Gasteiger partial charge in [0, 0.05) is 12.4 Å². The molecule has 0 aliphatic rings. The Morgan fingerprint density at radius 1 is 1.09 bits per heavy atom. The van der Waals surface area contributed by atoms with Gasteiger partial charge in [-0.2, -0.15) is 0 Å². The molecular formula is C6H13ClN3Pt+. The Bertz CT molecular complexity index is 148. The topological polar surface area (TPSA) is 82.9 Å². The van der Waals surface area contributed by atoms with E-state index in [-0.39, 0.29) is 45.8 Å². The van der Waals surface area contributed by atoms with Gasteiger partial charge in [-0.25, -0.2) is 0 Å². The van der Waals surface area contributed by atoms with Gasteiger partial charge >= 0.3 is 21.1 Å². The number of nitrogens with zero attached hydrogens (tertiary/aromatic N) is 1. The molecule has 0 fully saturated rings. The molecule has 6 N–H and O–H groups in total. The normalized spacial score (nSPS) is 5.55. The molecule has 68 valence electrons. The third kappa shape index (κ3) is 10.0. The summed E-state index contributed by atoms with van der Waals surface area (Å²) in [6.45, 7) is 2.04. The summed E-state index contributed by atoms with van der Waals surface area (Å²) in [6.07, 6.45) is 3.57. The number of hydrogen-bond acceptors (Lipinski definition) is 3. The van der Waals surface area contributed by atoms with Crippen molar-refractivity contribution in [2.24, 2.45) is 0 Å². The Kier molecular flexibility index (Phi) is 25.9. The standard InChI is InChI=1S/C6H7N.ClH.2H3N.Pt/c1-6-2-4-7-5-3-6;;;;/h2-5H,1H3;1H;2*1H3;/q;;;;+2/p-1. The van der Waals surface area contributed by atoms with E-state index < -0.39 is 0 Å². The first-order valence-electron chi connectivity index (χ1n) is 2.26. The first kappa shape index (κ1) is 22.5. The van der Waals surface area contributed by atoms with E-state index in [0.717, 1.165) is 0 Å². The summed E-state index contributed by atoms with van der Waals surface area (Å²) >= 11 is 0. The van der Waals surface area contributed by atoms with Crippen molar-refractivity contribution >= 4 is 0 Å². The maximum atomic E-state index is 3.85. The van der Waals surface area contributed by atoms with E-state index >= 15 is 0 Å². The third-order valence-corrected chi connectivity index (χ3v) is 0.847. The van der Waals surface area contributed by atoms with Crippen LogP contribution < -0.4 is 24.7 Å². The van der Waals surface area contributed by atoms with Crippen LogP contribution >= 0.6 is 0 Å². The van der Waals surface area contributed by atoms with Gasteiger partial charge in [-0.3, -0.25) is 4.98 Å². The van der Waals surface area contributed by atoms with Crippen LogP contribution in [0, 0.1) is 6.92 Å². The van der Waals surface area contributed by atoms with Crippen molar-refractivity contribution in [3.05, 3.63) is 30.1 Å². The minimum absolute atomic E-state index is 0. The van der Waals surface area contributed by atoms with Gasteiger partial charge in [0.1, 0.15) is 0 Å². The SMILES string of the molecule is Cc1ccncc1.N.N.[Cl-].[Pt+2]. The predicted molar refractivity (Wildman–Crippen MR) is 39.0 cm³/mol. The first-order chi connectivity index (χ1) is 3.39. The van der Waals surface area contributed by atoms with Crippen molar-refractivity contribution < 1.29 is 33.5 Å². The molecule has 11 heavy (non-hydrogen) atoms. The van der Waals surface area contributed by atoms with E-state index in [4.69, 9.17) is 0 Å². The van der Waals surface area contributed by atoms with Crippen LogP contribution in [-0.4, -0.2) is 4.98 Å². The molecular weight excluding hydrogens is 345 g/mol. The van der Waals surface area contributed by atoms with Gasteiger partial charge < -0.3 is 24.7 Å². The van der Waals surface area contributed by atoms with Crippen LogP contribution in [0.4, 0.5) is 0 Å². The predicted octanol–water partition coefficient (Wildman–Crippen LogP) is -1.28. The minimum Gasteiger partial charge on any atom is -1.00 e. The molecule has 5 heteroatoms. The number of hydrogen-bond donors (Lipinski definition) is 2. The molecule has 0 unspecified atom stereocenters. The Labute approximate surface area is 87.8 Å². The summed E-state index contributed by atoms with van der Waals surface area (Å²) < 4.78 is 0. The Morgan fingerprint density at radius 3 is 1.64 bits per heavy atom. The zero-order valence-corrected chi connectivity index (χ0v) is 9.39. The van der Waals surface area contributed by atoms with Gasteiger partial charge in [-0.05, 0) is 24.6 Å². The molecule has 0 saturated heterocycles. The molecule has 0 aliphatic carbocycles. The quantitative estimate of drug-likeness (QED) is 0.606. The Morgan fingerprint density at radius 2 is 1.45 bits per heavy atom.